The molecule has 0 saturated heterocycles. The molecular weight excluding hydrogens is 254 g/mol. The number of carboxylic acids is 1. The van der Waals surface area contributed by atoms with Crippen LogP contribution in [0, 0.1) is 12.3 Å². The van der Waals surface area contributed by atoms with Crippen LogP contribution in [0.4, 0.5) is 0 Å². The van der Waals surface area contributed by atoms with Crippen molar-refractivity contribution in [3.8, 4) is 0 Å². The van der Waals surface area contributed by atoms with Crippen molar-refractivity contribution in [2.24, 2.45) is 5.41 Å². The maximum atomic E-state index is 11.8. The predicted molar refractivity (Wildman–Crippen MR) is 78.5 cm³/mol. The molecule has 2 N–H and O–H groups in total. The first-order valence-electron chi connectivity index (χ1n) is 6.83. The standard InChI is InChI=1S/C16H23NO3/c1-12-6-4-5-7-13(12)8-9-17-14(18)10-16(2,3)11-15(19)20/h4-7H,8-11H2,1-3H3,(H,17,18)(H,19,20). The van der Waals surface area contributed by atoms with Crippen LogP contribution in [-0.2, 0) is 16.0 Å². The van der Waals surface area contributed by atoms with E-state index >= 15 is 0 Å². The molecule has 1 aromatic rings. The maximum Gasteiger partial charge on any atom is 0.303 e. The van der Waals surface area contributed by atoms with Gasteiger partial charge in [-0.15, -0.1) is 0 Å². The van der Waals surface area contributed by atoms with Crippen LogP contribution in [0.3, 0.4) is 0 Å². The minimum atomic E-state index is -0.872. The van der Waals surface area contributed by atoms with Gasteiger partial charge in [-0.2, -0.15) is 0 Å². The van der Waals surface area contributed by atoms with Crippen LogP contribution in [0.2, 0.25) is 0 Å². The second kappa shape index (κ2) is 7.08. The van der Waals surface area contributed by atoms with Gasteiger partial charge in [-0.25, -0.2) is 0 Å². The lowest BCUT2D eigenvalue weighted by molar-refractivity contribution is -0.139. The Morgan fingerprint density at radius 1 is 1.20 bits per heavy atom. The zero-order chi connectivity index (χ0) is 15.2. The highest BCUT2D eigenvalue weighted by atomic mass is 16.4. The van der Waals surface area contributed by atoms with E-state index in [2.05, 4.69) is 11.4 Å². The van der Waals surface area contributed by atoms with E-state index in [0.29, 0.717) is 6.54 Å². The molecule has 1 amide bonds. The van der Waals surface area contributed by atoms with Gasteiger partial charge in [-0.1, -0.05) is 38.1 Å². The van der Waals surface area contributed by atoms with Gasteiger partial charge in [0.1, 0.15) is 0 Å². The number of rotatable bonds is 7. The normalized spacial score (nSPS) is 11.2. The molecule has 0 heterocycles. The van der Waals surface area contributed by atoms with Gasteiger partial charge in [0.25, 0.3) is 0 Å². The molecule has 0 unspecified atom stereocenters. The zero-order valence-corrected chi connectivity index (χ0v) is 12.4. The number of carbonyl (C=O) groups is 2. The lowest BCUT2D eigenvalue weighted by atomic mass is 9.85. The number of carboxylic acid groups (broad SMARTS) is 1. The van der Waals surface area contributed by atoms with E-state index < -0.39 is 11.4 Å². The first-order valence-corrected chi connectivity index (χ1v) is 6.83. The average molecular weight is 277 g/mol. The summed E-state index contributed by atoms with van der Waals surface area (Å²) in [6.07, 6.45) is 1.02. The number of benzene rings is 1. The molecule has 0 aliphatic heterocycles. The molecule has 0 aromatic heterocycles. The number of hydrogen-bond acceptors (Lipinski definition) is 2. The SMILES string of the molecule is Cc1ccccc1CCNC(=O)CC(C)(C)CC(=O)O. The number of hydrogen-bond donors (Lipinski definition) is 2. The summed E-state index contributed by atoms with van der Waals surface area (Å²) in [6, 6.07) is 8.08. The van der Waals surface area contributed by atoms with Crippen molar-refractivity contribution in [3.05, 3.63) is 35.4 Å². The summed E-state index contributed by atoms with van der Waals surface area (Å²) in [5.41, 5.74) is 1.92. The minimum absolute atomic E-state index is 0.00177. The molecule has 0 aliphatic carbocycles. The van der Waals surface area contributed by atoms with Crippen molar-refractivity contribution in [2.45, 2.75) is 40.0 Å². The van der Waals surface area contributed by atoms with E-state index in [0.717, 1.165) is 6.42 Å². The lowest BCUT2D eigenvalue weighted by Gasteiger charge is -2.21. The number of aryl methyl sites for hydroxylation is 1. The summed E-state index contributed by atoms with van der Waals surface area (Å²) < 4.78 is 0. The average Bonchev–Trinajstić information content (AvgIpc) is 2.29. The van der Waals surface area contributed by atoms with Gasteiger partial charge < -0.3 is 10.4 Å². The Balaban J connectivity index is 2.37. The fraction of sp³-hybridized carbons (Fsp3) is 0.500. The van der Waals surface area contributed by atoms with E-state index in [4.69, 9.17) is 5.11 Å². The fourth-order valence-electron chi connectivity index (χ4n) is 2.20. The van der Waals surface area contributed by atoms with E-state index in [1.54, 1.807) is 13.8 Å². The molecule has 1 aromatic carbocycles. The van der Waals surface area contributed by atoms with Crippen LogP contribution in [0.1, 0.15) is 37.8 Å². The number of amides is 1. The van der Waals surface area contributed by atoms with Crippen LogP contribution in [0.15, 0.2) is 24.3 Å². The molecule has 0 fully saturated rings. The Bertz CT molecular complexity index is 480. The minimum Gasteiger partial charge on any atom is -0.481 e. The zero-order valence-electron chi connectivity index (χ0n) is 12.4. The van der Waals surface area contributed by atoms with Crippen LogP contribution in [0.5, 0.6) is 0 Å². The summed E-state index contributed by atoms with van der Waals surface area (Å²) in [6.45, 7) is 6.21. The molecule has 20 heavy (non-hydrogen) atoms. The predicted octanol–water partition coefficient (Wildman–Crippen LogP) is 2.54. The van der Waals surface area contributed by atoms with Crippen molar-refractivity contribution in [1.82, 2.24) is 5.32 Å². The fourth-order valence-corrected chi connectivity index (χ4v) is 2.20. The molecule has 0 atom stereocenters. The second-order valence-electron chi connectivity index (χ2n) is 5.94. The van der Waals surface area contributed by atoms with Gasteiger partial charge in [0.2, 0.25) is 5.91 Å². The summed E-state index contributed by atoms with van der Waals surface area (Å²) in [7, 11) is 0. The summed E-state index contributed by atoms with van der Waals surface area (Å²) in [5, 5.41) is 11.6. The summed E-state index contributed by atoms with van der Waals surface area (Å²) >= 11 is 0. The van der Waals surface area contributed by atoms with Crippen LogP contribution >= 0.6 is 0 Å². The van der Waals surface area contributed by atoms with E-state index in [9.17, 15) is 9.59 Å². The Morgan fingerprint density at radius 3 is 2.45 bits per heavy atom. The monoisotopic (exact) mass is 277 g/mol. The summed E-state index contributed by atoms with van der Waals surface area (Å²) in [4.78, 5) is 22.5. The number of aliphatic carboxylic acids is 1. The molecular formula is C16H23NO3. The van der Waals surface area contributed by atoms with Crippen molar-refractivity contribution < 1.29 is 14.7 Å². The highest BCUT2D eigenvalue weighted by molar-refractivity contribution is 5.77. The van der Waals surface area contributed by atoms with Crippen molar-refractivity contribution in [1.29, 1.82) is 0 Å². The first-order chi connectivity index (χ1) is 9.30. The molecule has 1 rings (SSSR count). The third-order valence-corrected chi connectivity index (χ3v) is 3.25. The van der Waals surface area contributed by atoms with Gasteiger partial charge >= 0.3 is 5.97 Å². The largest absolute Gasteiger partial charge is 0.481 e. The van der Waals surface area contributed by atoms with Gasteiger partial charge in [-0.05, 0) is 29.9 Å². The van der Waals surface area contributed by atoms with Crippen LogP contribution < -0.4 is 5.32 Å². The Morgan fingerprint density at radius 2 is 1.85 bits per heavy atom. The van der Waals surface area contributed by atoms with Gasteiger partial charge in [0.05, 0.1) is 6.42 Å². The first kappa shape index (κ1) is 16.2. The van der Waals surface area contributed by atoms with Crippen molar-refractivity contribution in [3.63, 3.8) is 0 Å². The lowest BCUT2D eigenvalue weighted by Crippen LogP contribution is -2.31. The van der Waals surface area contributed by atoms with Crippen LogP contribution in [0.25, 0.3) is 0 Å². The van der Waals surface area contributed by atoms with Gasteiger partial charge in [0, 0.05) is 13.0 Å². The molecule has 110 valence electrons. The topological polar surface area (TPSA) is 66.4 Å². The second-order valence-corrected chi connectivity index (χ2v) is 5.94. The highest BCUT2D eigenvalue weighted by Crippen LogP contribution is 2.24. The maximum absolute atomic E-state index is 11.8. The quantitative estimate of drug-likeness (QED) is 0.805. The third kappa shape index (κ3) is 5.87. The molecule has 0 spiro atoms. The van der Waals surface area contributed by atoms with Crippen LogP contribution in [-0.4, -0.2) is 23.5 Å². The Labute approximate surface area is 120 Å². The van der Waals surface area contributed by atoms with E-state index in [1.807, 2.05) is 25.1 Å². The Hall–Kier alpha value is -1.84. The molecule has 4 heteroatoms. The molecule has 0 radical (unpaired) electrons. The molecule has 0 bridgehead atoms. The Kier molecular flexibility index (Phi) is 5.74. The van der Waals surface area contributed by atoms with E-state index in [1.165, 1.54) is 11.1 Å². The van der Waals surface area contributed by atoms with E-state index in [-0.39, 0.29) is 18.7 Å². The van der Waals surface area contributed by atoms with Gasteiger partial charge in [-0.3, -0.25) is 9.59 Å². The number of carbonyl (C=O) groups excluding carboxylic acids is 1. The third-order valence-electron chi connectivity index (χ3n) is 3.25. The van der Waals surface area contributed by atoms with Crippen molar-refractivity contribution >= 4 is 11.9 Å². The summed E-state index contributed by atoms with van der Waals surface area (Å²) in [5.74, 6) is -0.965. The van der Waals surface area contributed by atoms with Crippen molar-refractivity contribution in [2.75, 3.05) is 6.54 Å². The smallest absolute Gasteiger partial charge is 0.303 e. The molecule has 0 aliphatic rings. The van der Waals surface area contributed by atoms with Gasteiger partial charge in [0.15, 0.2) is 0 Å². The molecule has 4 nitrogen and oxygen atoms in total. The highest BCUT2D eigenvalue weighted by Gasteiger charge is 2.24. The number of nitrogens with one attached hydrogen (secondary N) is 1. The molecule has 0 saturated carbocycles.